The first kappa shape index (κ1) is 28.3. The summed E-state index contributed by atoms with van der Waals surface area (Å²) in [6.45, 7) is 0.253. The molecule has 0 saturated heterocycles. The van der Waals surface area contributed by atoms with E-state index in [9.17, 15) is 18.0 Å². The summed E-state index contributed by atoms with van der Waals surface area (Å²) >= 11 is 10.4. The van der Waals surface area contributed by atoms with Gasteiger partial charge in [-0.1, -0.05) is 78.1 Å². The second-order valence-electron chi connectivity index (χ2n) is 8.60. The van der Waals surface area contributed by atoms with Crippen LogP contribution in [-0.2, 0) is 12.8 Å². The number of nitrogens with zero attached hydrogens (tertiary/aromatic N) is 3. The number of halogens is 6. The smallest absolute Gasteiger partial charge is 0.416 e. The highest BCUT2D eigenvalue weighted by molar-refractivity contribution is 9.11. The predicted molar refractivity (Wildman–Crippen MR) is 160 cm³/mol. The van der Waals surface area contributed by atoms with Gasteiger partial charge in [-0.2, -0.15) is 22.9 Å². The Morgan fingerprint density at radius 3 is 2.42 bits per heavy atom. The normalized spacial score (nSPS) is 11.8. The van der Waals surface area contributed by atoms with E-state index in [0.29, 0.717) is 16.8 Å². The largest absolute Gasteiger partial charge is 0.488 e. The van der Waals surface area contributed by atoms with Crippen LogP contribution in [-0.4, -0.2) is 15.9 Å². The lowest BCUT2D eigenvalue weighted by Gasteiger charge is -2.13. The van der Waals surface area contributed by atoms with E-state index in [1.165, 1.54) is 18.3 Å². The minimum Gasteiger partial charge on any atom is -0.488 e. The van der Waals surface area contributed by atoms with Crippen molar-refractivity contribution in [3.05, 3.63) is 125 Å². The third-order valence-corrected chi connectivity index (χ3v) is 7.61. The van der Waals surface area contributed by atoms with Gasteiger partial charge in [0.05, 0.1) is 22.7 Å². The minimum absolute atomic E-state index is 0.0256. The van der Waals surface area contributed by atoms with Crippen molar-refractivity contribution in [1.29, 1.82) is 0 Å². The van der Waals surface area contributed by atoms with E-state index in [0.717, 1.165) is 35.8 Å². The molecule has 0 aliphatic heterocycles. The molecule has 0 spiro atoms. The van der Waals surface area contributed by atoms with Gasteiger partial charge in [-0.15, -0.1) is 0 Å². The summed E-state index contributed by atoms with van der Waals surface area (Å²) in [5, 5.41) is 4.68. The molecule has 0 bridgehead atoms. The number of benzene rings is 4. The fraction of sp³-hybridized carbons (Fsp3) is 0.0690. The van der Waals surface area contributed by atoms with Gasteiger partial charge in [0.15, 0.2) is 5.82 Å². The van der Waals surface area contributed by atoms with Crippen LogP contribution in [0.3, 0.4) is 0 Å². The van der Waals surface area contributed by atoms with Crippen LogP contribution in [0.15, 0.2) is 108 Å². The van der Waals surface area contributed by atoms with E-state index in [4.69, 9.17) is 4.74 Å². The molecular formula is C29H17Br3F3N3O2. The highest BCUT2D eigenvalue weighted by Gasteiger charge is 2.31. The highest BCUT2D eigenvalue weighted by Crippen LogP contribution is 2.32. The molecule has 11 heteroatoms. The zero-order chi connectivity index (χ0) is 28.4. The number of para-hydroxylation sites is 1. The molecule has 0 N–H and O–H groups in total. The van der Waals surface area contributed by atoms with Crippen LogP contribution >= 0.6 is 47.8 Å². The van der Waals surface area contributed by atoms with Gasteiger partial charge in [0.2, 0.25) is 0 Å². The molecule has 5 nitrogen and oxygen atoms in total. The molecule has 4 aromatic carbocycles. The van der Waals surface area contributed by atoms with Gasteiger partial charge < -0.3 is 4.74 Å². The van der Waals surface area contributed by atoms with Gasteiger partial charge in [0.1, 0.15) is 12.4 Å². The summed E-state index contributed by atoms with van der Waals surface area (Å²) in [6.07, 6.45) is -3.14. The van der Waals surface area contributed by atoms with Gasteiger partial charge >= 0.3 is 6.18 Å². The molecule has 1 heterocycles. The van der Waals surface area contributed by atoms with Crippen LogP contribution in [0.5, 0.6) is 5.75 Å². The van der Waals surface area contributed by atoms with Crippen molar-refractivity contribution in [3.8, 4) is 17.1 Å². The quantitative estimate of drug-likeness (QED) is 0.164. The second-order valence-corrected chi connectivity index (χ2v) is 11.3. The molecule has 0 atom stereocenters. The van der Waals surface area contributed by atoms with Crippen LogP contribution in [0.4, 0.5) is 13.2 Å². The average molecular weight is 736 g/mol. The SMILES string of the molecule is O=c1c2ccccc2nc(-c2cccc(C(F)(F)F)c2)n1N=Cc1cc(Br)ccc1OCc1ccc(Br)cc1Br. The fourth-order valence-electron chi connectivity index (χ4n) is 3.92. The van der Waals surface area contributed by atoms with Crippen molar-refractivity contribution < 1.29 is 17.9 Å². The van der Waals surface area contributed by atoms with Crippen molar-refractivity contribution in [2.24, 2.45) is 5.10 Å². The molecule has 0 aliphatic carbocycles. The van der Waals surface area contributed by atoms with Crippen molar-refractivity contribution in [2.45, 2.75) is 12.8 Å². The monoisotopic (exact) mass is 733 g/mol. The molecule has 5 aromatic rings. The van der Waals surface area contributed by atoms with Crippen LogP contribution in [0.25, 0.3) is 22.3 Å². The first-order valence-electron chi connectivity index (χ1n) is 11.7. The van der Waals surface area contributed by atoms with Crippen molar-refractivity contribution in [2.75, 3.05) is 0 Å². The molecule has 5 rings (SSSR count). The maximum Gasteiger partial charge on any atom is 0.416 e. The molecule has 202 valence electrons. The van der Waals surface area contributed by atoms with Gasteiger partial charge in [-0.25, -0.2) is 4.98 Å². The molecule has 40 heavy (non-hydrogen) atoms. The van der Waals surface area contributed by atoms with Crippen LogP contribution in [0.2, 0.25) is 0 Å². The van der Waals surface area contributed by atoms with Crippen LogP contribution in [0.1, 0.15) is 16.7 Å². The third-order valence-electron chi connectivity index (χ3n) is 5.88. The molecule has 0 aliphatic rings. The fourth-order valence-corrected chi connectivity index (χ4v) is 5.46. The topological polar surface area (TPSA) is 56.5 Å². The maximum atomic E-state index is 13.5. The van der Waals surface area contributed by atoms with Crippen molar-refractivity contribution >= 4 is 64.9 Å². The van der Waals surface area contributed by atoms with E-state index in [-0.39, 0.29) is 23.4 Å². The van der Waals surface area contributed by atoms with E-state index < -0.39 is 17.3 Å². The van der Waals surface area contributed by atoms with Crippen LogP contribution < -0.4 is 10.3 Å². The maximum absolute atomic E-state index is 13.5. The minimum atomic E-state index is -4.56. The molecule has 1 aromatic heterocycles. The third kappa shape index (κ3) is 6.21. The zero-order valence-corrected chi connectivity index (χ0v) is 25.1. The number of hydrogen-bond acceptors (Lipinski definition) is 4. The summed E-state index contributed by atoms with van der Waals surface area (Å²) in [5.74, 6) is 0.464. The predicted octanol–water partition coefficient (Wildman–Crippen LogP) is 8.83. The second kappa shape index (κ2) is 11.7. The average Bonchev–Trinajstić information content (AvgIpc) is 2.92. The first-order valence-corrected chi connectivity index (χ1v) is 14.1. The highest BCUT2D eigenvalue weighted by atomic mass is 79.9. The van der Waals surface area contributed by atoms with E-state index >= 15 is 0 Å². The summed E-state index contributed by atoms with van der Waals surface area (Å²) in [4.78, 5) is 18.0. The van der Waals surface area contributed by atoms with Gasteiger partial charge in [0.25, 0.3) is 5.56 Å². The number of fused-ring (bicyclic) bond motifs is 1. The lowest BCUT2D eigenvalue weighted by atomic mass is 10.1. The first-order chi connectivity index (χ1) is 19.1. The Kier molecular flexibility index (Phi) is 8.25. The Balaban J connectivity index is 1.59. The summed E-state index contributed by atoms with van der Waals surface area (Å²) < 4.78 is 50.0. The summed E-state index contributed by atoms with van der Waals surface area (Å²) in [7, 11) is 0. The van der Waals surface area contributed by atoms with E-state index in [2.05, 4.69) is 57.9 Å². The number of alkyl halides is 3. The lowest BCUT2D eigenvalue weighted by Crippen LogP contribution is -2.20. The Morgan fingerprint density at radius 1 is 0.900 bits per heavy atom. The molecule has 0 fully saturated rings. The lowest BCUT2D eigenvalue weighted by molar-refractivity contribution is -0.137. The Bertz CT molecular complexity index is 1820. The van der Waals surface area contributed by atoms with Crippen LogP contribution in [0, 0.1) is 0 Å². The molecule has 0 saturated carbocycles. The zero-order valence-electron chi connectivity index (χ0n) is 20.3. The van der Waals surface area contributed by atoms with Crippen molar-refractivity contribution in [3.63, 3.8) is 0 Å². The Labute approximate surface area is 251 Å². The standard InChI is InChI=1S/C29H17Br3F3N3O2/c30-21-10-11-26(40-16-18-8-9-22(31)14-24(18)32)19(13-21)15-36-38-27(17-4-3-5-20(12-17)29(33,34)35)37-25-7-2-1-6-23(25)28(38)39/h1-15H,16H2. The molecule has 0 unspecified atom stereocenters. The van der Waals surface area contributed by atoms with Gasteiger partial charge in [-0.05, 0) is 54.6 Å². The summed E-state index contributed by atoms with van der Waals surface area (Å²) in [6, 6.07) is 22.3. The number of hydrogen-bond donors (Lipinski definition) is 0. The van der Waals surface area contributed by atoms with Gasteiger partial charge in [-0.3, -0.25) is 4.79 Å². The molecular weight excluding hydrogens is 719 g/mol. The number of rotatable bonds is 6. The number of ether oxygens (including phenoxy) is 1. The Hall–Kier alpha value is -3.28. The number of aromatic nitrogens is 2. The molecule has 0 radical (unpaired) electrons. The van der Waals surface area contributed by atoms with Crippen molar-refractivity contribution in [1.82, 2.24) is 9.66 Å². The molecule has 0 amide bonds. The van der Waals surface area contributed by atoms with E-state index in [1.807, 2.05) is 18.2 Å². The van der Waals surface area contributed by atoms with Gasteiger partial charge in [0, 0.05) is 30.1 Å². The Morgan fingerprint density at radius 2 is 1.65 bits per heavy atom. The van der Waals surface area contributed by atoms with E-state index in [1.54, 1.807) is 42.5 Å². The summed E-state index contributed by atoms with van der Waals surface area (Å²) in [5.41, 5.74) is 0.516.